The summed E-state index contributed by atoms with van der Waals surface area (Å²) in [5, 5.41) is 10.0. The molecule has 1 aromatic carbocycles. The fourth-order valence-corrected chi connectivity index (χ4v) is 5.15. The first kappa shape index (κ1) is 17.2. The van der Waals surface area contributed by atoms with E-state index in [1.165, 1.54) is 45.4 Å². The summed E-state index contributed by atoms with van der Waals surface area (Å²) in [6.45, 7) is 11.0. The normalized spacial score (nSPS) is 35.2. The zero-order valence-corrected chi connectivity index (χ0v) is 16.0. The first-order valence-electron chi connectivity index (χ1n) is 9.16. The standard InChI is InChI=1S/C19H29BrN2O/c1-14-9-15(2)12-22(11-14)18-5-7-21(8-6-18)13-16-10-17(20)3-4-19(16)23/h3-4,10,14-15,18,23H,5-9,11-13H2,1-2H3/p+2/t14-,15-/m1/s1. The largest absolute Gasteiger partial charge is 0.507 e. The summed E-state index contributed by atoms with van der Waals surface area (Å²) < 4.78 is 1.06. The molecule has 0 bridgehead atoms. The lowest BCUT2D eigenvalue weighted by molar-refractivity contribution is -0.969. The van der Waals surface area contributed by atoms with Crippen LogP contribution in [0.4, 0.5) is 0 Å². The van der Waals surface area contributed by atoms with Crippen LogP contribution >= 0.6 is 15.9 Å². The topological polar surface area (TPSA) is 29.1 Å². The summed E-state index contributed by atoms with van der Waals surface area (Å²) in [7, 11) is 0. The second-order valence-electron chi connectivity index (χ2n) is 7.99. The molecule has 1 aromatic rings. The number of hydrogen-bond donors (Lipinski definition) is 3. The Labute approximate surface area is 148 Å². The SMILES string of the molecule is C[C@@H]1C[C@@H](C)C[NH+](C2CC[NH+](Cc3cc(Br)ccc3O)CC2)C1. The number of piperidine rings is 2. The van der Waals surface area contributed by atoms with Gasteiger partial charge in [0, 0.05) is 34.7 Å². The predicted octanol–water partition coefficient (Wildman–Crippen LogP) is 1.26. The van der Waals surface area contributed by atoms with Crippen LogP contribution in [0.5, 0.6) is 5.75 Å². The Morgan fingerprint density at radius 1 is 1.13 bits per heavy atom. The molecule has 3 rings (SSSR count). The number of halogens is 1. The molecule has 2 heterocycles. The molecule has 0 aromatic heterocycles. The Hall–Kier alpha value is -0.580. The summed E-state index contributed by atoms with van der Waals surface area (Å²) in [6.07, 6.45) is 4.08. The van der Waals surface area contributed by atoms with Crippen molar-refractivity contribution in [2.45, 2.75) is 45.7 Å². The Kier molecular flexibility index (Phi) is 5.65. The highest BCUT2D eigenvalue weighted by molar-refractivity contribution is 9.10. The number of benzene rings is 1. The summed E-state index contributed by atoms with van der Waals surface area (Å²) in [4.78, 5) is 3.48. The number of rotatable bonds is 3. The van der Waals surface area contributed by atoms with E-state index in [1.54, 1.807) is 11.0 Å². The maximum Gasteiger partial charge on any atom is 0.124 e. The van der Waals surface area contributed by atoms with Gasteiger partial charge in [0.25, 0.3) is 0 Å². The third-order valence-electron chi connectivity index (χ3n) is 5.78. The number of likely N-dealkylation sites (tertiary alicyclic amines) is 2. The zero-order chi connectivity index (χ0) is 16.4. The molecule has 2 saturated heterocycles. The number of hydrogen-bond acceptors (Lipinski definition) is 1. The van der Waals surface area contributed by atoms with Gasteiger partial charge in [-0.1, -0.05) is 29.8 Å². The summed E-state index contributed by atoms with van der Waals surface area (Å²) in [5.74, 6) is 2.21. The minimum Gasteiger partial charge on any atom is -0.507 e. The van der Waals surface area contributed by atoms with Crippen molar-refractivity contribution in [1.29, 1.82) is 0 Å². The summed E-state index contributed by atoms with van der Waals surface area (Å²) in [6, 6.07) is 6.63. The van der Waals surface area contributed by atoms with Crippen LogP contribution in [0.25, 0.3) is 0 Å². The predicted molar refractivity (Wildman–Crippen MR) is 96.9 cm³/mol. The van der Waals surface area contributed by atoms with Crippen molar-refractivity contribution in [2.75, 3.05) is 26.2 Å². The smallest absolute Gasteiger partial charge is 0.124 e. The number of nitrogens with one attached hydrogen (secondary N) is 2. The van der Waals surface area contributed by atoms with Crippen molar-refractivity contribution < 1.29 is 14.9 Å². The van der Waals surface area contributed by atoms with Crippen LogP contribution in [-0.2, 0) is 6.54 Å². The van der Waals surface area contributed by atoms with E-state index in [1.807, 2.05) is 11.0 Å². The molecule has 3 nitrogen and oxygen atoms in total. The van der Waals surface area contributed by atoms with E-state index in [9.17, 15) is 5.11 Å². The average molecular weight is 383 g/mol. The molecule has 0 unspecified atom stereocenters. The van der Waals surface area contributed by atoms with E-state index in [0.29, 0.717) is 5.75 Å². The van der Waals surface area contributed by atoms with Crippen molar-refractivity contribution >= 4 is 15.9 Å². The maximum absolute atomic E-state index is 10.0. The van der Waals surface area contributed by atoms with Crippen LogP contribution in [0.15, 0.2) is 22.7 Å². The molecule has 4 heteroatoms. The van der Waals surface area contributed by atoms with E-state index in [4.69, 9.17) is 0 Å². The molecule has 0 saturated carbocycles. The zero-order valence-electron chi connectivity index (χ0n) is 14.4. The van der Waals surface area contributed by atoms with Crippen molar-refractivity contribution in [3.63, 3.8) is 0 Å². The molecule has 0 radical (unpaired) electrons. The summed E-state index contributed by atoms with van der Waals surface area (Å²) >= 11 is 3.51. The van der Waals surface area contributed by atoms with Gasteiger partial charge in [0.1, 0.15) is 12.3 Å². The number of quaternary nitrogens is 2. The lowest BCUT2D eigenvalue weighted by atomic mass is 9.89. The van der Waals surface area contributed by atoms with E-state index < -0.39 is 0 Å². The maximum atomic E-state index is 10.0. The van der Waals surface area contributed by atoms with Crippen LogP contribution in [0, 0.1) is 11.8 Å². The fraction of sp³-hybridized carbons (Fsp3) is 0.684. The van der Waals surface area contributed by atoms with Crippen LogP contribution in [0.2, 0.25) is 0 Å². The highest BCUT2D eigenvalue weighted by Crippen LogP contribution is 2.21. The molecule has 2 aliphatic rings. The van der Waals surface area contributed by atoms with E-state index in [2.05, 4.69) is 35.8 Å². The molecule has 128 valence electrons. The lowest BCUT2D eigenvalue weighted by Gasteiger charge is -2.39. The molecular formula is C19H31BrN2O+2. The van der Waals surface area contributed by atoms with Crippen LogP contribution < -0.4 is 9.80 Å². The van der Waals surface area contributed by atoms with Gasteiger partial charge in [-0.3, -0.25) is 0 Å². The van der Waals surface area contributed by atoms with E-state index in [0.717, 1.165) is 34.5 Å². The van der Waals surface area contributed by atoms with Crippen LogP contribution in [0.3, 0.4) is 0 Å². The van der Waals surface area contributed by atoms with Gasteiger partial charge in [0.05, 0.1) is 32.2 Å². The molecule has 0 aliphatic carbocycles. The van der Waals surface area contributed by atoms with Gasteiger partial charge in [-0.05, 0) is 24.6 Å². The first-order chi connectivity index (χ1) is 11.0. The van der Waals surface area contributed by atoms with Crippen molar-refractivity contribution in [3.8, 4) is 5.75 Å². The van der Waals surface area contributed by atoms with Gasteiger partial charge >= 0.3 is 0 Å². The molecule has 23 heavy (non-hydrogen) atoms. The molecule has 3 N–H and O–H groups in total. The number of aromatic hydroxyl groups is 1. The van der Waals surface area contributed by atoms with E-state index >= 15 is 0 Å². The first-order valence-corrected chi connectivity index (χ1v) is 9.96. The van der Waals surface area contributed by atoms with Crippen molar-refractivity contribution in [3.05, 3.63) is 28.2 Å². The number of phenols is 1. The molecule has 2 fully saturated rings. The van der Waals surface area contributed by atoms with Gasteiger partial charge in [-0.2, -0.15) is 0 Å². The minimum absolute atomic E-state index is 0.437. The van der Waals surface area contributed by atoms with E-state index in [-0.39, 0.29) is 0 Å². The summed E-state index contributed by atoms with van der Waals surface area (Å²) in [5.41, 5.74) is 1.07. The Bertz CT molecular complexity index is 518. The Morgan fingerprint density at radius 2 is 1.78 bits per heavy atom. The minimum atomic E-state index is 0.437. The third kappa shape index (κ3) is 4.49. The lowest BCUT2D eigenvalue weighted by Crippen LogP contribution is -3.21. The monoisotopic (exact) mass is 382 g/mol. The Morgan fingerprint density at radius 3 is 2.43 bits per heavy atom. The second-order valence-corrected chi connectivity index (χ2v) is 8.90. The van der Waals surface area contributed by atoms with Gasteiger partial charge in [-0.15, -0.1) is 0 Å². The van der Waals surface area contributed by atoms with Crippen LogP contribution in [-0.4, -0.2) is 37.3 Å². The molecule has 2 aliphatic heterocycles. The number of phenolic OH excluding ortho intramolecular Hbond substituents is 1. The van der Waals surface area contributed by atoms with Crippen molar-refractivity contribution in [1.82, 2.24) is 0 Å². The highest BCUT2D eigenvalue weighted by atomic mass is 79.9. The van der Waals surface area contributed by atoms with Gasteiger partial charge < -0.3 is 14.9 Å². The molecule has 0 amide bonds. The second kappa shape index (κ2) is 7.54. The molecule has 0 spiro atoms. The van der Waals surface area contributed by atoms with Gasteiger partial charge in [-0.25, -0.2) is 0 Å². The fourth-order valence-electron chi connectivity index (χ4n) is 4.74. The highest BCUT2D eigenvalue weighted by Gasteiger charge is 2.34. The average Bonchev–Trinajstić information content (AvgIpc) is 2.51. The van der Waals surface area contributed by atoms with Crippen molar-refractivity contribution in [2.24, 2.45) is 11.8 Å². The molecular weight excluding hydrogens is 352 g/mol. The Balaban J connectivity index is 1.53. The third-order valence-corrected chi connectivity index (χ3v) is 6.27. The van der Waals surface area contributed by atoms with Gasteiger partial charge in [0.15, 0.2) is 0 Å². The van der Waals surface area contributed by atoms with Crippen LogP contribution in [0.1, 0.15) is 38.7 Å². The molecule has 2 atom stereocenters. The quantitative estimate of drug-likeness (QED) is 0.721. The van der Waals surface area contributed by atoms with Gasteiger partial charge in [0.2, 0.25) is 0 Å².